The number of rotatable bonds is 4. The predicted molar refractivity (Wildman–Crippen MR) is 75.8 cm³/mol. The molecule has 1 fully saturated rings. The number of carbonyl (C=O) groups is 1. The Morgan fingerprint density at radius 2 is 2.05 bits per heavy atom. The van der Waals surface area contributed by atoms with E-state index in [0.717, 1.165) is 11.3 Å². The van der Waals surface area contributed by atoms with Gasteiger partial charge in [-0.05, 0) is 10.8 Å². The molecule has 0 radical (unpaired) electrons. The van der Waals surface area contributed by atoms with Crippen LogP contribution < -0.4 is 4.80 Å². The predicted octanol–water partition coefficient (Wildman–Crippen LogP) is 2.31. The van der Waals surface area contributed by atoms with E-state index in [0.29, 0.717) is 6.61 Å². The number of aromatic nitrogens is 1. The first-order valence-electron chi connectivity index (χ1n) is 6.54. The van der Waals surface area contributed by atoms with E-state index in [1.807, 2.05) is 16.1 Å². The van der Waals surface area contributed by atoms with Gasteiger partial charge in [0.2, 0.25) is 0 Å². The SMILES string of the molecule is COCCn1ccsc1=NC(=O)C1C(C)(C)C1(C)C. The summed E-state index contributed by atoms with van der Waals surface area (Å²) >= 11 is 1.49. The maximum atomic E-state index is 12.3. The van der Waals surface area contributed by atoms with Gasteiger partial charge in [-0.1, -0.05) is 27.7 Å². The van der Waals surface area contributed by atoms with Crippen molar-refractivity contribution < 1.29 is 9.53 Å². The van der Waals surface area contributed by atoms with Gasteiger partial charge in [0, 0.05) is 25.2 Å². The molecule has 1 aromatic rings. The second kappa shape index (κ2) is 4.87. The quantitative estimate of drug-likeness (QED) is 0.850. The summed E-state index contributed by atoms with van der Waals surface area (Å²) < 4.78 is 7.03. The molecule has 0 saturated heterocycles. The second-order valence-electron chi connectivity index (χ2n) is 6.20. The van der Waals surface area contributed by atoms with Crippen molar-refractivity contribution in [3.63, 3.8) is 0 Å². The third-order valence-corrected chi connectivity index (χ3v) is 5.46. The molecule has 0 unspecified atom stereocenters. The molecule has 4 nitrogen and oxygen atoms in total. The highest BCUT2D eigenvalue weighted by Crippen LogP contribution is 2.68. The Morgan fingerprint density at radius 1 is 1.42 bits per heavy atom. The number of ether oxygens (including phenoxy) is 1. The Balaban J connectivity index is 2.19. The number of hydrogen-bond acceptors (Lipinski definition) is 3. The first kappa shape index (κ1) is 14.5. The van der Waals surface area contributed by atoms with Crippen LogP contribution in [0.2, 0.25) is 0 Å². The zero-order valence-corrected chi connectivity index (χ0v) is 13.1. The molecule has 5 heteroatoms. The van der Waals surface area contributed by atoms with Crippen LogP contribution in [0, 0.1) is 16.7 Å². The minimum absolute atomic E-state index is 0.00335. The van der Waals surface area contributed by atoms with Crippen molar-refractivity contribution in [3.05, 3.63) is 16.4 Å². The van der Waals surface area contributed by atoms with Gasteiger partial charge in [0.1, 0.15) is 0 Å². The van der Waals surface area contributed by atoms with E-state index in [-0.39, 0.29) is 22.7 Å². The van der Waals surface area contributed by atoms with Crippen LogP contribution in [0.4, 0.5) is 0 Å². The largest absolute Gasteiger partial charge is 0.383 e. The fourth-order valence-corrected chi connectivity index (χ4v) is 3.48. The topological polar surface area (TPSA) is 43.6 Å². The molecule has 1 amide bonds. The number of nitrogens with zero attached hydrogens (tertiary/aromatic N) is 2. The second-order valence-corrected chi connectivity index (χ2v) is 7.07. The summed E-state index contributed by atoms with van der Waals surface area (Å²) in [6.45, 7) is 9.90. The minimum atomic E-state index is 0.00335. The molecule has 0 atom stereocenters. The van der Waals surface area contributed by atoms with E-state index in [1.54, 1.807) is 7.11 Å². The molecule has 19 heavy (non-hydrogen) atoms. The standard InChI is InChI=1S/C14H22N2O2S/c1-13(2)10(14(13,3)4)11(17)15-12-16(6-8-18-5)7-9-19-12/h7,9-10H,6,8H2,1-5H3. The molecular weight excluding hydrogens is 260 g/mol. The first-order chi connectivity index (χ1) is 8.82. The maximum Gasteiger partial charge on any atom is 0.252 e. The normalized spacial score (nSPS) is 21.6. The third kappa shape index (κ3) is 2.41. The van der Waals surface area contributed by atoms with Crippen LogP contribution in [-0.2, 0) is 16.1 Å². The highest BCUT2D eigenvalue weighted by atomic mass is 32.1. The van der Waals surface area contributed by atoms with Crippen LogP contribution in [0.1, 0.15) is 27.7 Å². The number of thiazole rings is 1. The summed E-state index contributed by atoms with van der Waals surface area (Å²) in [6.07, 6.45) is 1.94. The molecule has 1 heterocycles. The molecule has 1 saturated carbocycles. The molecule has 2 rings (SSSR count). The van der Waals surface area contributed by atoms with E-state index in [2.05, 4.69) is 32.7 Å². The van der Waals surface area contributed by atoms with Gasteiger partial charge in [-0.25, -0.2) is 0 Å². The van der Waals surface area contributed by atoms with Crippen molar-refractivity contribution in [1.29, 1.82) is 0 Å². The molecule has 0 spiro atoms. The van der Waals surface area contributed by atoms with Crippen molar-refractivity contribution in [2.75, 3.05) is 13.7 Å². The minimum Gasteiger partial charge on any atom is -0.383 e. The van der Waals surface area contributed by atoms with Gasteiger partial charge in [-0.2, -0.15) is 4.99 Å². The Morgan fingerprint density at radius 3 is 2.58 bits per heavy atom. The van der Waals surface area contributed by atoms with Gasteiger partial charge < -0.3 is 9.30 Å². The number of methoxy groups -OCH3 is 1. The van der Waals surface area contributed by atoms with Gasteiger partial charge in [-0.15, -0.1) is 11.3 Å². The van der Waals surface area contributed by atoms with Gasteiger partial charge in [0.15, 0.2) is 4.80 Å². The van der Waals surface area contributed by atoms with Crippen molar-refractivity contribution in [1.82, 2.24) is 4.57 Å². The van der Waals surface area contributed by atoms with Crippen LogP contribution >= 0.6 is 11.3 Å². The van der Waals surface area contributed by atoms with Crippen molar-refractivity contribution in [3.8, 4) is 0 Å². The third-order valence-electron chi connectivity index (χ3n) is 4.67. The smallest absolute Gasteiger partial charge is 0.252 e. The van der Waals surface area contributed by atoms with Crippen molar-refractivity contribution in [2.24, 2.45) is 21.7 Å². The van der Waals surface area contributed by atoms with Gasteiger partial charge in [0.05, 0.1) is 12.5 Å². The molecule has 0 aromatic carbocycles. The Hall–Kier alpha value is -0.940. The molecule has 1 aliphatic carbocycles. The summed E-state index contributed by atoms with van der Waals surface area (Å²) in [4.78, 5) is 17.4. The lowest BCUT2D eigenvalue weighted by Crippen LogP contribution is -2.19. The molecule has 0 bridgehead atoms. The van der Waals surface area contributed by atoms with E-state index in [9.17, 15) is 4.79 Å². The van der Waals surface area contributed by atoms with Crippen molar-refractivity contribution >= 4 is 17.2 Å². The Labute approximate surface area is 118 Å². The summed E-state index contributed by atoms with van der Waals surface area (Å²) in [5, 5.41) is 1.95. The fraction of sp³-hybridized carbons (Fsp3) is 0.714. The summed E-state index contributed by atoms with van der Waals surface area (Å²) in [7, 11) is 1.67. The van der Waals surface area contributed by atoms with E-state index in [1.165, 1.54) is 11.3 Å². The first-order valence-corrected chi connectivity index (χ1v) is 7.42. The molecule has 1 aliphatic rings. The van der Waals surface area contributed by atoms with Crippen LogP contribution in [-0.4, -0.2) is 24.2 Å². The van der Waals surface area contributed by atoms with Gasteiger partial charge in [0.25, 0.3) is 5.91 Å². The lowest BCUT2D eigenvalue weighted by atomic mass is 10.0. The molecule has 1 aromatic heterocycles. The van der Waals surface area contributed by atoms with E-state index < -0.39 is 0 Å². The molecule has 106 valence electrons. The lowest BCUT2D eigenvalue weighted by molar-refractivity contribution is -0.120. The zero-order chi connectivity index (χ0) is 14.3. The van der Waals surface area contributed by atoms with Gasteiger partial charge >= 0.3 is 0 Å². The summed E-state index contributed by atoms with van der Waals surface area (Å²) in [5.41, 5.74) is 0.0877. The lowest BCUT2D eigenvalue weighted by Gasteiger charge is -2.03. The monoisotopic (exact) mass is 282 g/mol. The number of carbonyl (C=O) groups excluding carboxylic acids is 1. The van der Waals surface area contributed by atoms with E-state index in [4.69, 9.17) is 4.74 Å². The maximum absolute atomic E-state index is 12.3. The Kier molecular flexibility index (Phi) is 3.71. The molecular formula is C14H22N2O2S. The van der Waals surface area contributed by atoms with E-state index >= 15 is 0 Å². The highest BCUT2D eigenvalue weighted by Gasteiger charge is 2.68. The summed E-state index contributed by atoms with van der Waals surface area (Å²) in [5.74, 6) is 0.0293. The summed E-state index contributed by atoms with van der Waals surface area (Å²) in [6, 6.07) is 0. The zero-order valence-electron chi connectivity index (χ0n) is 12.3. The average Bonchev–Trinajstić information content (AvgIpc) is 2.65. The highest BCUT2D eigenvalue weighted by molar-refractivity contribution is 7.07. The van der Waals surface area contributed by atoms with Crippen LogP contribution in [0.15, 0.2) is 16.6 Å². The van der Waals surface area contributed by atoms with Crippen LogP contribution in [0.3, 0.4) is 0 Å². The fourth-order valence-electron chi connectivity index (χ4n) is 2.72. The van der Waals surface area contributed by atoms with Crippen molar-refractivity contribution in [2.45, 2.75) is 34.2 Å². The van der Waals surface area contributed by atoms with Crippen LogP contribution in [0.5, 0.6) is 0 Å². The van der Waals surface area contributed by atoms with Crippen LogP contribution in [0.25, 0.3) is 0 Å². The average molecular weight is 282 g/mol. The molecule has 0 N–H and O–H groups in total. The molecule has 0 aliphatic heterocycles. The number of hydrogen-bond donors (Lipinski definition) is 0. The Bertz CT molecular complexity index is 526. The van der Waals surface area contributed by atoms with Gasteiger partial charge in [-0.3, -0.25) is 4.79 Å². The number of amides is 1.